The second-order valence-electron chi connectivity index (χ2n) is 7.88. The third-order valence-electron chi connectivity index (χ3n) is 6.02. The quantitative estimate of drug-likeness (QED) is 0.901. The summed E-state index contributed by atoms with van der Waals surface area (Å²) >= 11 is 0. The van der Waals surface area contributed by atoms with Crippen molar-refractivity contribution in [1.82, 2.24) is 4.90 Å². The third-order valence-corrected chi connectivity index (χ3v) is 6.02. The van der Waals surface area contributed by atoms with E-state index in [0.29, 0.717) is 5.91 Å². The first-order valence-corrected chi connectivity index (χ1v) is 9.86. The molecule has 0 atom stereocenters. The number of carbonyl (C=O) groups excluding carboxylic acids is 1. The number of carbonyl (C=O) groups is 1. The summed E-state index contributed by atoms with van der Waals surface area (Å²) in [5.74, 6) is 1.51. The minimum atomic E-state index is 0.282. The molecule has 2 aliphatic heterocycles. The highest BCUT2D eigenvalue weighted by molar-refractivity contribution is 5.79. The van der Waals surface area contributed by atoms with E-state index in [0.717, 1.165) is 57.9 Å². The maximum absolute atomic E-state index is 12.7. The largest absolute Gasteiger partial charge is 0.342 e. The van der Waals surface area contributed by atoms with E-state index in [1.807, 2.05) is 0 Å². The summed E-state index contributed by atoms with van der Waals surface area (Å²) in [5, 5.41) is 0. The zero-order chi connectivity index (χ0) is 16.9. The maximum atomic E-state index is 12.7. The van der Waals surface area contributed by atoms with Crippen LogP contribution in [0.25, 0.3) is 0 Å². The summed E-state index contributed by atoms with van der Waals surface area (Å²) in [6, 6.07) is 9.06. The third kappa shape index (κ3) is 4.38. The lowest BCUT2D eigenvalue weighted by Gasteiger charge is -2.35. The van der Waals surface area contributed by atoms with Gasteiger partial charge in [-0.25, -0.2) is 0 Å². The van der Waals surface area contributed by atoms with Gasteiger partial charge in [-0.15, -0.1) is 0 Å². The van der Waals surface area contributed by atoms with E-state index in [9.17, 15) is 4.79 Å². The minimum Gasteiger partial charge on any atom is -0.342 e. The Morgan fingerprint density at radius 3 is 2.21 bits per heavy atom. The molecule has 1 aromatic rings. The zero-order valence-electron chi connectivity index (χ0n) is 15.4. The van der Waals surface area contributed by atoms with Gasteiger partial charge in [-0.1, -0.05) is 38.1 Å². The molecule has 0 aliphatic carbocycles. The van der Waals surface area contributed by atoms with E-state index in [2.05, 4.69) is 43.0 Å². The normalized spacial score (nSPS) is 25.7. The van der Waals surface area contributed by atoms with E-state index in [-0.39, 0.29) is 5.92 Å². The lowest BCUT2D eigenvalue weighted by molar-refractivity contribution is -0.919. The molecule has 3 nitrogen and oxygen atoms in total. The van der Waals surface area contributed by atoms with Gasteiger partial charge in [-0.05, 0) is 30.7 Å². The van der Waals surface area contributed by atoms with Gasteiger partial charge in [-0.2, -0.15) is 0 Å². The van der Waals surface area contributed by atoms with E-state index in [1.165, 1.54) is 24.0 Å². The van der Waals surface area contributed by atoms with Gasteiger partial charge in [0.2, 0.25) is 5.91 Å². The van der Waals surface area contributed by atoms with Crippen LogP contribution in [0.3, 0.4) is 0 Å². The van der Waals surface area contributed by atoms with Crippen LogP contribution >= 0.6 is 0 Å². The van der Waals surface area contributed by atoms with Crippen LogP contribution in [0.15, 0.2) is 24.3 Å². The van der Waals surface area contributed by atoms with Crippen molar-refractivity contribution in [2.75, 3.05) is 26.2 Å². The minimum absolute atomic E-state index is 0.282. The van der Waals surface area contributed by atoms with Crippen LogP contribution in [0.1, 0.15) is 50.7 Å². The van der Waals surface area contributed by atoms with Gasteiger partial charge in [0.05, 0.1) is 13.1 Å². The van der Waals surface area contributed by atoms with Crippen molar-refractivity contribution in [3.8, 4) is 0 Å². The number of amides is 1. The Balaban J connectivity index is 1.45. The van der Waals surface area contributed by atoms with E-state index < -0.39 is 0 Å². The van der Waals surface area contributed by atoms with Gasteiger partial charge in [0.15, 0.2) is 0 Å². The molecule has 0 spiro atoms. The fourth-order valence-corrected chi connectivity index (χ4v) is 4.12. The molecule has 0 saturated carbocycles. The Bertz CT molecular complexity index is 523. The summed E-state index contributed by atoms with van der Waals surface area (Å²) < 4.78 is 0. The fraction of sp³-hybridized carbons (Fsp3) is 0.667. The molecule has 2 aliphatic rings. The molecule has 3 rings (SSSR count). The number of nitrogens with one attached hydrogen (secondary N) is 1. The monoisotopic (exact) mass is 329 g/mol. The highest BCUT2D eigenvalue weighted by Crippen LogP contribution is 2.21. The molecule has 1 N–H and O–H groups in total. The standard InChI is InChI=1S/C21H32N2O/c1-3-18-4-6-19(7-5-18)16-22-12-10-20(11-13-22)21(24)23-14-8-17(2)9-15-23/h4-7,17,20H,3,8-16H2,1-2H3/p+1. The highest BCUT2D eigenvalue weighted by Gasteiger charge is 2.31. The van der Waals surface area contributed by atoms with Gasteiger partial charge in [-0.3, -0.25) is 4.79 Å². The van der Waals surface area contributed by atoms with Crippen LogP contribution in [0, 0.1) is 11.8 Å². The fourth-order valence-electron chi connectivity index (χ4n) is 4.12. The number of likely N-dealkylation sites (tertiary alicyclic amines) is 2. The first-order valence-electron chi connectivity index (χ1n) is 9.86. The Labute approximate surface area is 147 Å². The molecule has 2 fully saturated rings. The van der Waals surface area contributed by atoms with Gasteiger partial charge in [0.25, 0.3) is 0 Å². The van der Waals surface area contributed by atoms with Crippen molar-refractivity contribution < 1.29 is 9.69 Å². The molecular weight excluding hydrogens is 296 g/mol. The molecule has 3 heteroatoms. The van der Waals surface area contributed by atoms with Gasteiger partial charge < -0.3 is 9.80 Å². The van der Waals surface area contributed by atoms with Crippen LogP contribution in [0.4, 0.5) is 0 Å². The topological polar surface area (TPSA) is 24.8 Å². The SMILES string of the molecule is CCc1ccc(C[NH+]2CCC(C(=O)N3CCC(C)CC3)CC2)cc1. The lowest BCUT2D eigenvalue weighted by atomic mass is 9.92. The smallest absolute Gasteiger partial charge is 0.226 e. The summed E-state index contributed by atoms with van der Waals surface area (Å²) in [6.07, 6.45) is 5.60. The second-order valence-corrected chi connectivity index (χ2v) is 7.88. The Kier molecular flexibility index (Phi) is 5.94. The number of hydrogen-bond acceptors (Lipinski definition) is 1. The average Bonchev–Trinajstić information content (AvgIpc) is 2.63. The predicted octanol–water partition coefficient (Wildman–Crippen LogP) is 2.30. The molecule has 1 aromatic carbocycles. The average molecular weight is 330 g/mol. The molecule has 0 aromatic heterocycles. The van der Waals surface area contributed by atoms with Crippen molar-refractivity contribution in [2.45, 2.75) is 52.5 Å². The van der Waals surface area contributed by atoms with E-state index in [1.54, 1.807) is 4.90 Å². The molecular formula is C21H33N2O+. The second kappa shape index (κ2) is 8.15. The summed E-state index contributed by atoms with van der Waals surface area (Å²) in [5.41, 5.74) is 2.84. The summed E-state index contributed by atoms with van der Waals surface area (Å²) in [4.78, 5) is 16.5. The molecule has 0 radical (unpaired) electrons. The predicted molar refractivity (Wildman–Crippen MR) is 97.9 cm³/mol. The van der Waals surface area contributed by atoms with Gasteiger partial charge >= 0.3 is 0 Å². The lowest BCUT2D eigenvalue weighted by Crippen LogP contribution is -3.11. The number of quaternary nitrogens is 1. The van der Waals surface area contributed by atoms with Crippen molar-refractivity contribution in [3.63, 3.8) is 0 Å². The van der Waals surface area contributed by atoms with Crippen molar-refractivity contribution >= 4 is 5.91 Å². The van der Waals surface area contributed by atoms with Gasteiger partial charge in [0.1, 0.15) is 6.54 Å². The highest BCUT2D eigenvalue weighted by atomic mass is 16.2. The van der Waals surface area contributed by atoms with E-state index in [4.69, 9.17) is 0 Å². The number of aryl methyl sites for hydroxylation is 1. The number of benzene rings is 1. The van der Waals surface area contributed by atoms with Gasteiger partial charge in [0, 0.05) is 37.4 Å². The molecule has 2 heterocycles. The first kappa shape index (κ1) is 17.5. The number of piperidine rings is 2. The van der Waals surface area contributed by atoms with Crippen LogP contribution in [-0.4, -0.2) is 37.0 Å². The van der Waals surface area contributed by atoms with Crippen LogP contribution < -0.4 is 4.90 Å². The van der Waals surface area contributed by atoms with Crippen LogP contribution in [0.2, 0.25) is 0 Å². The van der Waals surface area contributed by atoms with Crippen LogP contribution in [0.5, 0.6) is 0 Å². The molecule has 132 valence electrons. The Morgan fingerprint density at radius 2 is 1.62 bits per heavy atom. The van der Waals surface area contributed by atoms with Crippen molar-refractivity contribution in [1.29, 1.82) is 0 Å². The van der Waals surface area contributed by atoms with Crippen molar-refractivity contribution in [3.05, 3.63) is 35.4 Å². The summed E-state index contributed by atoms with van der Waals surface area (Å²) in [7, 11) is 0. The van der Waals surface area contributed by atoms with Crippen molar-refractivity contribution in [2.24, 2.45) is 11.8 Å². The maximum Gasteiger partial charge on any atom is 0.226 e. The molecule has 1 amide bonds. The number of nitrogens with zero attached hydrogens (tertiary/aromatic N) is 1. The van der Waals surface area contributed by atoms with E-state index >= 15 is 0 Å². The first-order chi connectivity index (χ1) is 11.7. The molecule has 0 unspecified atom stereocenters. The Morgan fingerprint density at radius 1 is 1.04 bits per heavy atom. The number of rotatable bonds is 4. The molecule has 2 saturated heterocycles. The number of hydrogen-bond donors (Lipinski definition) is 1. The molecule has 0 bridgehead atoms. The molecule has 24 heavy (non-hydrogen) atoms. The zero-order valence-corrected chi connectivity index (χ0v) is 15.4. The Hall–Kier alpha value is -1.35. The van der Waals surface area contributed by atoms with Crippen LogP contribution in [-0.2, 0) is 17.8 Å². The summed E-state index contributed by atoms with van der Waals surface area (Å²) in [6.45, 7) is 9.84.